The van der Waals surface area contributed by atoms with Crippen LogP contribution in [0.5, 0.6) is 0 Å². The number of ether oxygens (including phenoxy) is 1. The zero-order valence-electron chi connectivity index (χ0n) is 11.5. The Morgan fingerprint density at radius 3 is 2.32 bits per heavy atom. The Hall–Kier alpha value is -1.57. The van der Waals surface area contributed by atoms with Crippen molar-refractivity contribution < 1.29 is 19.1 Å². The molecule has 0 saturated carbocycles. The summed E-state index contributed by atoms with van der Waals surface area (Å²) >= 11 is 17.4. The molecule has 0 aliphatic carbocycles. The first-order chi connectivity index (χ1) is 10.1. The number of hydrogen-bond donors (Lipinski definition) is 2. The topological polar surface area (TPSA) is 111 Å². The van der Waals surface area contributed by atoms with Gasteiger partial charge in [-0.05, 0) is 5.92 Å². The Balaban J connectivity index is 3.00. The summed E-state index contributed by atoms with van der Waals surface area (Å²) in [6.07, 6.45) is -0.132. The zero-order valence-corrected chi connectivity index (χ0v) is 13.8. The van der Waals surface area contributed by atoms with Gasteiger partial charge in [0, 0.05) is 6.20 Å². The van der Waals surface area contributed by atoms with Gasteiger partial charge in [-0.25, -0.2) is 14.6 Å². The molecule has 1 aromatic heterocycles. The summed E-state index contributed by atoms with van der Waals surface area (Å²) in [5, 5.41) is 1.64. The summed E-state index contributed by atoms with van der Waals surface area (Å²) in [7, 11) is 0. The number of esters is 1. The average Bonchev–Trinajstić information content (AvgIpc) is 2.40. The van der Waals surface area contributed by atoms with Crippen LogP contribution in [0.3, 0.4) is 0 Å². The maximum Gasteiger partial charge on any atom is 0.359 e. The van der Waals surface area contributed by atoms with E-state index in [0.717, 1.165) is 6.20 Å². The van der Waals surface area contributed by atoms with Crippen molar-refractivity contribution in [2.24, 2.45) is 11.7 Å². The van der Waals surface area contributed by atoms with E-state index in [-0.39, 0.29) is 20.8 Å². The number of halogens is 3. The molecule has 0 aliphatic heterocycles. The lowest BCUT2D eigenvalue weighted by atomic mass is 10.1. The van der Waals surface area contributed by atoms with Crippen molar-refractivity contribution in [3.05, 3.63) is 27.0 Å². The van der Waals surface area contributed by atoms with Gasteiger partial charge in [-0.1, -0.05) is 48.7 Å². The number of hydrogen-bond acceptors (Lipinski definition) is 5. The van der Waals surface area contributed by atoms with Gasteiger partial charge >= 0.3 is 12.0 Å². The number of nitrogens with two attached hydrogens (primary N) is 1. The lowest BCUT2D eigenvalue weighted by molar-refractivity contribution is -0.130. The van der Waals surface area contributed by atoms with Crippen molar-refractivity contribution in [3.63, 3.8) is 0 Å². The highest BCUT2D eigenvalue weighted by molar-refractivity contribution is 6.48. The van der Waals surface area contributed by atoms with Crippen molar-refractivity contribution >= 4 is 52.7 Å². The normalized spacial score (nSPS) is 11.9. The molecule has 0 fully saturated rings. The summed E-state index contributed by atoms with van der Waals surface area (Å²) in [6, 6.07) is -1.06. The van der Waals surface area contributed by atoms with Gasteiger partial charge in [0.2, 0.25) is 0 Å². The Kier molecular flexibility index (Phi) is 6.40. The third-order valence-electron chi connectivity index (χ3n) is 2.45. The molecule has 0 bridgehead atoms. The maximum atomic E-state index is 12.1. The monoisotopic (exact) mass is 367 g/mol. The second-order valence-corrected chi connectivity index (χ2v) is 5.67. The van der Waals surface area contributed by atoms with Crippen molar-refractivity contribution in [3.8, 4) is 0 Å². The van der Waals surface area contributed by atoms with Gasteiger partial charge in [0.1, 0.15) is 0 Å². The summed E-state index contributed by atoms with van der Waals surface area (Å²) in [6.45, 7) is 3.23. The van der Waals surface area contributed by atoms with E-state index in [9.17, 15) is 14.4 Å². The molecule has 0 saturated heterocycles. The Morgan fingerprint density at radius 1 is 1.23 bits per heavy atom. The lowest BCUT2D eigenvalue weighted by Gasteiger charge is -2.19. The molecule has 120 valence electrons. The van der Waals surface area contributed by atoms with Crippen LogP contribution in [0.4, 0.5) is 4.79 Å². The van der Waals surface area contributed by atoms with Crippen LogP contribution in [0.2, 0.25) is 15.1 Å². The largest absolute Gasteiger partial charge is 0.447 e. The molecule has 0 radical (unpaired) electrons. The first-order valence-electron chi connectivity index (χ1n) is 5.96. The minimum Gasteiger partial charge on any atom is -0.447 e. The smallest absolute Gasteiger partial charge is 0.359 e. The van der Waals surface area contributed by atoms with E-state index in [1.165, 1.54) is 0 Å². The molecule has 0 spiro atoms. The van der Waals surface area contributed by atoms with E-state index < -0.39 is 29.9 Å². The number of rotatable bonds is 4. The summed E-state index contributed by atoms with van der Waals surface area (Å²) < 4.78 is 5.03. The Morgan fingerprint density at radius 2 is 1.82 bits per heavy atom. The van der Waals surface area contributed by atoms with Crippen LogP contribution in [0, 0.1) is 5.92 Å². The molecule has 1 aromatic rings. The number of carbonyl (C=O) groups is 3. The van der Waals surface area contributed by atoms with Crippen molar-refractivity contribution in [2.45, 2.75) is 20.0 Å². The molecule has 10 heteroatoms. The van der Waals surface area contributed by atoms with Crippen LogP contribution in [0.15, 0.2) is 6.20 Å². The van der Waals surface area contributed by atoms with E-state index in [1.807, 2.05) is 5.32 Å². The van der Waals surface area contributed by atoms with E-state index >= 15 is 0 Å². The summed E-state index contributed by atoms with van der Waals surface area (Å²) in [5.41, 5.74) is 4.56. The quantitative estimate of drug-likeness (QED) is 0.793. The first-order valence-corrected chi connectivity index (χ1v) is 7.09. The SMILES string of the molecule is CC(C)[C@H](OC(=O)c1ncc(Cl)c(Cl)c1Cl)C(=O)NC(N)=O. The Bertz CT molecular complexity index is 622. The molecule has 3 N–H and O–H groups in total. The fourth-order valence-corrected chi connectivity index (χ4v) is 2.00. The van der Waals surface area contributed by atoms with Crippen molar-refractivity contribution in [2.75, 3.05) is 0 Å². The molecule has 1 heterocycles. The summed E-state index contributed by atoms with van der Waals surface area (Å²) in [5.74, 6) is -2.27. The molecular formula is C12H12Cl3N3O4. The predicted octanol–water partition coefficient (Wildman–Crippen LogP) is 2.42. The highest BCUT2D eigenvalue weighted by Crippen LogP contribution is 2.31. The Labute approximate surface area is 141 Å². The highest BCUT2D eigenvalue weighted by atomic mass is 35.5. The van der Waals surface area contributed by atoms with Gasteiger partial charge in [-0.2, -0.15) is 0 Å². The first kappa shape index (κ1) is 18.5. The van der Waals surface area contributed by atoms with Crippen LogP contribution < -0.4 is 11.1 Å². The highest BCUT2D eigenvalue weighted by Gasteiger charge is 2.29. The van der Waals surface area contributed by atoms with Gasteiger partial charge in [0.25, 0.3) is 5.91 Å². The molecule has 22 heavy (non-hydrogen) atoms. The molecule has 3 amide bonds. The molecule has 7 nitrogen and oxygen atoms in total. The molecule has 1 rings (SSSR count). The predicted molar refractivity (Wildman–Crippen MR) is 81.0 cm³/mol. The molecule has 1 atom stereocenters. The average molecular weight is 369 g/mol. The van der Waals surface area contributed by atoms with Gasteiger partial charge < -0.3 is 10.5 Å². The van der Waals surface area contributed by atoms with E-state index in [0.29, 0.717) is 0 Å². The van der Waals surface area contributed by atoms with E-state index in [1.54, 1.807) is 13.8 Å². The third-order valence-corrected chi connectivity index (χ3v) is 3.70. The summed E-state index contributed by atoms with van der Waals surface area (Å²) in [4.78, 5) is 38.3. The number of nitrogens with one attached hydrogen (secondary N) is 1. The number of pyridine rings is 1. The second-order valence-electron chi connectivity index (χ2n) is 4.51. The van der Waals surface area contributed by atoms with E-state index in [2.05, 4.69) is 4.98 Å². The fourth-order valence-electron chi connectivity index (χ4n) is 1.44. The lowest BCUT2D eigenvalue weighted by Crippen LogP contribution is -2.45. The van der Waals surface area contributed by atoms with Gasteiger partial charge in [0.05, 0.1) is 15.1 Å². The van der Waals surface area contributed by atoms with Crippen molar-refractivity contribution in [1.29, 1.82) is 0 Å². The fraction of sp³-hybridized carbons (Fsp3) is 0.333. The van der Waals surface area contributed by atoms with Crippen LogP contribution in [0.1, 0.15) is 24.3 Å². The zero-order chi connectivity index (χ0) is 17.0. The molecular weight excluding hydrogens is 357 g/mol. The third kappa shape index (κ3) is 4.46. The van der Waals surface area contributed by atoms with Crippen LogP contribution in [0.25, 0.3) is 0 Å². The van der Waals surface area contributed by atoms with Crippen LogP contribution >= 0.6 is 34.8 Å². The molecule has 0 aromatic carbocycles. The molecule has 0 unspecified atom stereocenters. The second kappa shape index (κ2) is 7.62. The maximum absolute atomic E-state index is 12.1. The standard InChI is InChI=1S/C12H12Cl3N3O4/c1-4(2)9(10(19)18-12(16)21)22-11(20)8-7(15)6(14)5(13)3-17-8/h3-4,9H,1-2H3,(H3,16,18,19,21)/t9-/m0/s1. The van der Waals surface area contributed by atoms with Gasteiger partial charge in [-0.15, -0.1) is 0 Å². The number of aromatic nitrogens is 1. The van der Waals surface area contributed by atoms with Gasteiger partial charge in [0.15, 0.2) is 11.8 Å². The minimum atomic E-state index is -1.26. The number of amides is 3. The van der Waals surface area contributed by atoms with E-state index in [4.69, 9.17) is 45.3 Å². The van der Waals surface area contributed by atoms with Gasteiger partial charge in [-0.3, -0.25) is 10.1 Å². The number of imide groups is 1. The van der Waals surface area contributed by atoms with Crippen molar-refractivity contribution in [1.82, 2.24) is 10.3 Å². The number of urea groups is 1. The molecule has 0 aliphatic rings. The number of primary amides is 1. The number of nitrogens with zero attached hydrogens (tertiary/aromatic N) is 1. The number of carbonyl (C=O) groups excluding carboxylic acids is 3. The van der Waals surface area contributed by atoms with Crippen LogP contribution in [-0.2, 0) is 9.53 Å². The minimum absolute atomic E-state index is 0.0621. The van der Waals surface area contributed by atoms with Crippen LogP contribution in [-0.4, -0.2) is 29.0 Å².